The summed E-state index contributed by atoms with van der Waals surface area (Å²) in [5.41, 5.74) is 0.782. The molecular weight excluding hydrogens is 152 g/mol. The fourth-order valence-electron chi connectivity index (χ4n) is 1.01. The molecule has 0 bridgehead atoms. The minimum Gasteiger partial charge on any atom is -0.394 e. The largest absolute Gasteiger partial charge is 0.394 e. The van der Waals surface area contributed by atoms with E-state index in [4.69, 9.17) is 5.11 Å². The van der Waals surface area contributed by atoms with Gasteiger partial charge in [0.1, 0.15) is 0 Å². The molecule has 3 heteroatoms. The first-order valence-electron chi connectivity index (χ1n) is 3.85. The molecule has 12 heavy (non-hydrogen) atoms. The first-order chi connectivity index (χ1) is 5.75. The monoisotopic (exact) mass is 165 g/mol. The van der Waals surface area contributed by atoms with Crippen LogP contribution in [0.4, 0.5) is 0 Å². The van der Waals surface area contributed by atoms with E-state index in [2.05, 4.69) is 11.1 Å². The van der Waals surface area contributed by atoms with E-state index in [0.29, 0.717) is 0 Å². The van der Waals surface area contributed by atoms with Crippen LogP contribution in [-0.2, 0) is 0 Å². The fraction of sp³-hybridized carbons (Fsp3) is 0.444. The third-order valence-corrected chi connectivity index (χ3v) is 1.74. The van der Waals surface area contributed by atoms with Crippen molar-refractivity contribution < 1.29 is 5.11 Å². The van der Waals surface area contributed by atoms with Crippen molar-refractivity contribution in [3.05, 3.63) is 30.1 Å². The lowest BCUT2D eigenvalue weighted by Gasteiger charge is -2.20. The average Bonchev–Trinajstić information content (AvgIpc) is 2.07. The zero-order valence-corrected chi connectivity index (χ0v) is 7.36. The number of aliphatic hydroxyl groups is 1. The van der Waals surface area contributed by atoms with E-state index in [-0.39, 0.29) is 12.6 Å². The predicted molar refractivity (Wildman–Crippen MR) is 46.6 cm³/mol. The molecule has 1 radical (unpaired) electrons. The Morgan fingerprint density at radius 3 is 2.83 bits per heavy atom. The Labute approximate surface area is 72.7 Å². The zero-order valence-electron chi connectivity index (χ0n) is 7.36. The molecule has 0 aliphatic heterocycles. The fourth-order valence-corrected chi connectivity index (χ4v) is 1.01. The maximum Gasteiger partial charge on any atom is 0.0756 e. The van der Waals surface area contributed by atoms with E-state index in [1.165, 1.54) is 0 Å². The van der Waals surface area contributed by atoms with Crippen LogP contribution >= 0.6 is 0 Å². The molecule has 0 saturated heterocycles. The maximum absolute atomic E-state index is 9.05. The van der Waals surface area contributed by atoms with Gasteiger partial charge in [-0.05, 0) is 20.2 Å². The normalized spacial score (nSPS) is 13.3. The highest BCUT2D eigenvalue weighted by molar-refractivity contribution is 5.06. The summed E-state index contributed by atoms with van der Waals surface area (Å²) >= 11 is 0. The Morgan fingerprint density at radius 2 is 2.42 bits per heavy atom. The number of pyridine rings is 1. The third kappa shape index (κ3) is 2.03. The van der Waals surface area contributed by atoms with Gasteiger partial charge >= 0.3 is 0 Å². The predicted octanol–water partition coefficient (Wildman–Crippen LogP) is 0.477. The highest BCUT2D eigenvalue weighted by atomic mass is 16.3. The Balaban J connectivity index is 2.80. The molecule has 0 fully saturated rings. The summed E-state index contributed by atoms with van der Waals surface area (Å²) in [5, 5.41) is 9.05. The van der Waals surface area contributed by atoms with E-state index < -0.39 is 0 Å². The number of aromatic nitrogens is 1. The summed E-state index contributed by atoms with van der Waals surface area (Å²) in [4.78, 5) is 6.03. The van der Waals surface area contributed by atoms with Gasteiger partial charge in [-0.2, -0.15) is 0 Å². The van der Waals surface area contributed by atoms with Crippen LogP contribution < -0.4 is 0 Å². The van der Waals surface area contributed by atoms with E-state index in [0.717, 1.165) is 5.69 Å². The lowest BCUT2D eigenvalue weighted by Crippen LogP contribution is -2.23. The first kappa shape index (κ1) is 9.16. The molecule has 0 amide bonds. The second-order valence-corrected chi connectivity index (χ2v) is 2.83. The second-order valence-electron chi connectivity index (χ2n) is 2.83. The number of likely N-dealkylation sites (N-methyl/N-ethyl adjacent to an activating group) is 1. The van der Waals surface area contributed by atoms with Crippen molar-refractivity contribution in [2.24, 2.45) is 0 Å². The van der Waals surface area contributed by atoms with Crippen molar-refractivity contribution in [2.75, 3.05) is 20.7 Å². The topological polar surface area (TPSA) is 36.4 Å². The summed E-state index contributed by atoms with van der Waals surface area (Å²) < 4.78 is 0. The molecule has 65 valence electrons. The summed E-state index contributed by atoms with van der Waals surface area (Å²) in [6.45, 7) is 0.0700. The standard InChI is InChI=1S/C9H13N2O/c1-11(2)9(7-12)8-5-3-4-6-10-8/h3-4,6,9,12H,7H2,1-2H3. The Hall–Kier alpha value is -0.930. The smallest absolute Gasteiger partial charge is 0.0756 e. The van der Waals surface area contributed by atoms with Crippen molar-refractivity contribution >= 4 is 0 Å². The van der Waals surface area contributed by atoms with Crippen LogP contribution in [0.2, 0.25) is 0 Å². The van der Waals surface area contributed by atoms with Gasteiger partial charge in [0, 0.05) is 12.3 Å². The van der Waals surface area contributed by atoms with Crippen LogP contribution in [0.25, 0.3) is 0 Å². The summed E-state index contributed by atoms with van der Waals surface area (Å²) in [6, 6.07) is 6.55. The number of aliphatic hydroxyl groups excluding tert-OH is 1. The lowest BCUT2D eigenvalue weighted by molar-refractivity contribution is 0.167. The number of nitrogens with zero attached hydrogens (tertiary/aromatic N) is 2. The van der Waals surface area contributed by atoms with E-state index in [9.17, 15) is 0 Å². The molecular formula is C9H13N2O. The number of hydrogen-bond donors (Lipinski definition) is 1. The van der Waals surface area contributed by atoms with E-state index >= 15 is 0 Å². The van der Waals surface area contributed by atoms with Gasteiger partial charge < -0.3 is 5.11 Å². The third-order valence-electron chi connectivity index (χ3n) is 1.74. The van der Waals surface area contributed by atoms with Gasteiger partial charge in [0.25, 0.3) is 0 Å². The van der Waals surface area contributed by atoms with E-state index in [1.54, 1.807) is 12.3 Å². The first-order valence-corrected chi connectivity index (χ1v) is 3.85. The molecule has 1 rings (SSSR count). The van der Waals surface area contributed by atoms with Gasteiger partial charge in [-0.15, -0.1) is 0 Å². The highest BCUT2D eigenvalue weighted by Gasteiger charge is 2.12. The van der Waals surface area contributed by atoms with Crippen LogP contribution in [0.15, 0.2) is 18.3 Å². The van der Waals surface area contributed by atoms with E-state index in [1.807, 2.05) is 25.1 Å². The average molecular weight is 165 g/mol. The molecule has 1 atom stereocenters. The molecule has 0 aliphatic carbocycles. The number of hydrogen-bond acceptors (Lipinski definition) is 3. The Kier molecular flexibility index (Phi) is 3.19. The Morgan fingerprint density at radius 1 is 1.67 bits per heavy atom. The van der Waals surface area contributed by atoms with Crippen molar-refractivity contribution in [3.63, 3.8) is 0 Å². The van der Waals surface area contributed by atoms with Crippen LogP contribution in [0.3, 0.4) is 0 Å². The molecule has 1 N–H and O–H groups in total. The van der Waals surface area contributed by atoms with Crippen LogP contribution in [-0.4, -0.2) is 35.7 Å². The van der Waals surface area contributed by atoms with Gasteiger partial charge in [0.15, 0.2) is 0 Å². The van der Waals surface area contributed by atoms with Gasteiger partial charge in [-0.1, -0.05) is 6.07 Å². The molecule has 0 spiro atoms. The quantitative estimate of drug-likeness (QED) is 0.707. The summed E-state index contributed by atoms with van der Waals surface area (Å²) in [5.74, 6) is 0. The molecule has 1 aromatic heterocycles. The minimum atomic E-state index is -0.0498. The zero-order chi connectivity index (χ0) is 8.97. The van der Waals surface area contributed by atoms with Crippen molar-refractivity contribution in [1.29, 1.82) is 0 Å². The second kappa shape index (κ2) is 4.18. The lowest BCUT2D eigenvalue weighted by atomic mass is 10.2. The van der Waals surface area contributed by atoms with Gasteiger partial charge in [0.2, 0.25) is 0 Å². The Bertz CT molecular complexity index is 223. The molecule has 0 aliphatic rings. The molecule has 1 unspecified atom stereocenters. The molecule has 0 saturated carbocycles. The molecule has 3 nitrogen and oxygen atoms in total. The van der Waals surface area contributed by atoms with Crippen molar-refractivity contribution in [2.45, 2.75) is 6.04 Å². The molecule has 1 aromatic rings. The molecule has 0 aromatic carbocycles. The molecule has 1 heterocycles. The maximum atomic E-state index is 9.05. The van der Waals surface area contributed by atoms with Crippen molar-refractivity contribution in [1.82, 2.24) is 9.88 Å². The van der Waals surface area contributed by atoms with Gasteiger partial charge in [-0.3, -0.25) is 9.88 Å². The SMILES string of the molecule is CN(C)C(CO)c1[c]cccn1. The minimum absolute atomic E-state index is 0.0498. The van der Waals surface area contributed by atoms with Gasteiger partial charge in [-0.25, -0.2) is 0 Å². The summed E-state index contributed by atoms with van der Waals surface area (Å²) in [7, 11) is 3.81. The number of rotatable bonds is 3. The van der Waals surface area contributed by atoms with Gasteiger partial charge in [0.05, 0.1) is 18.3 Å². The van der Waals surface area contributed by atoms with Crippen LogP contribution in [0, 0.1) is 6.07 Å². The summed E-state index contributed by atoms with van der Waals surface area (Å²) in [6.07, 6.45) is 1.71. The van der Waals surface area contributed by atoms with Crippen LogP contribution in [0.5, 0.6) is 0 Å². The van der Waals surface area contributed by atoms with Crippen molar-refractivity contribution in [3.8, 4) is 0 Å². The highest BCUT2D eigenvalue weighted by Crippen LogP contribution is 2.12. The van der Waals surface area contributed by atoms with Crippen LogP contribution in [0.1, 0.15) is 11.7 Å².